The summed E-state index contributed by atoms with van der Waals surface area (Å²) >= 11 is 0. The van der Waals surface area contributed by atoms with E-state index in [2.05, 4.69) is 10.3 Å². The maximum Gasteiger partial charge on any atom is 0.224 e. The Labute approximate surface area is 105 Å². The standard InChI is InChI=1S/C11H18N4O3/c1-9-6-14(7-10(8-16)18-9)11(17)2-4-15-5-3-12-13-15/h3,5,9-10,16H,2,4,6-8H2,1H3. The fourth-order valence-corrected chi connectivity index (χ4v) is 2.07. The van der Waals surface area contributed by atoms with Gasteiger partial charge in [-0.25, -0.2) is 0 Å². The summed E-state index contributed by atoms with van der Waals surface area (Å²) < 4.78 is 7.13. The summed E-state index contributed by atoms with van der Waals surface area (Å²) in [6.07, 6.45) is 3.39. The number of carbonyl (C=O) groups excluding carboxylic acids is 1. The van der Waals surface area contributed by atoms with Crippen LogP contribution in [0.2, 0.25) is 0 Å². The van der Waals surface area contributed by atoms with Gasteiger partial charge in [-0.3, -0.25) is 9.48 Å². The quantitative estimate of drug-likeness (QED) is 0.766. The molecule has 18 heavy (non-hydrogen) atoms. The Morgan fingerprint density at radius 2 is 2.39 bits per heavy atom. The lowest BCUT2D eigenvalue weighted by molar-refractivity contribution is -0.147. The number of morpholine rings is 1. The Hall–Kier alpha value is -1.47. The number of rotatable bonds is 4. The van der Waals surface area contributed by atoms with E-state index in [0.717, 1.165) is 0 Å². The highest BCUT2D eigenvalue weighted by atomic mass is 16.5. The molecule has 1 aromatic rings. The lowest BCUT2D eigenvalue weighted by Gasteiger charge is -2.36. The van der Waals surface area contributed by atoms with E-state index in [4.69, 9.17) is 9.84 Å². The summed E-state index contributed by atoms with van der Waals surface area (Å²) in [5.41, 5.74) is 0. The molecule has 0 spiro atoms. The van der Waals surface area contributed by atoms with Gasteiger partial charge in [-0.1, -0.05) is 5.21 Å². The second-order valence-corrected chi connectivity index (χ2v) is 4.47. The number of amides is 1. The van der Waals surface area contributed by atoms with E-state index in [-0.39, 0.29) is 24.7 Å². The van der Waals surface area contributed by atoms with Crippen molar-refractivity contribution in [2.45, 2.75) is 32.1 Å². The van der Waals surface area contributed by atoms with Crippen molar-refractivity contribution in [3.05, 3.63) is 12.4 Å². The van der Waals surface area contributed by atoms with Crippen LogP contribution in [0, 0.1) is 0 Å². The van der Waals surface area contributed by atoms with Crippen LogP contribution in [0.15, 0.2) is 12.4 Å². The molecule has 0 saturated carbocycles. The molecular formula is C11H18N4O3. The summed E-state index contributed by atoms with van der Waals surface area (Å²) in [5, 5.41) is 16.6. The van der Waals surface area contributed by atoms with Gasteiger partial charge in [0.1, 0.15) is 0 Å². The smallest absolute Gasteiger partial charge is 0.224 e. The number of carbonyl (C=O) groups is 1. The van der Waals surface area contributed by atoms with Gasteiger partial charge in [0.25, 0.3) is 0 Å². The van der Waals surface area contributed by atoms with Crippen LogP contribution < -0.4 is 0 Å². The monoisotopic (exact) mass is 254 g/mol. The van der Waals surface area contributed by atoms with Gasteiger partial charge in [-0.2, -0.15) is 0 Å². The molecule has 1 fully saturated rings. The largest absolute Gasteiger partial charge is 0.394 e. The van der Waals surface area contributed by atoms with Crippen molar-refractivity contribution in [1.82, 2.24) is 19.9 Å². The molecule has 100 valence electrons. The zero-order chi connectivity index (χ0) is 13.0. The highest BCUT2D eigenvalue weighted by molar-refractivity contribution is 5.76. The maximum absolute atomic E-state index is 12.0. The second-order valence-electron chi connectivity index (χ2n) is 4.47. The zero-order valence-corrected chi connectivity index (χ0v) is 10.4. The van der Waals surface area contributed by atoms with Gasteiger partial charge in [0.2, 0.25) is 5.91 Å². The third-order valence-corrected chi connectivity index (χ3v) is 2.91. The Balaban J connectivity index is 1.84. The maximum atomic E-state index is 12.0. The first-order valence-corrected chi connectivity index (χ1v) is 6.07. The molecule has 0 aromatic carbocycles. The molecule has 7 nitrogen and oxygen atoms in total. The number of hydrogen-bond donors (Lipinski definition) is 1. The van der Waals surface area contributed by atoms with Crippen LogP contribution in [-0.4, -0.2) is 62.8 Å². The van der Waals surface area contributed by atoms with E-state index in [9.17, 15) is 4.79 Å². The minimum Gasteiger partial charge on any atom is -0.394 e. The average Bonchev–Trinajstić information content (AvgIpc) is 2.88. The lowest BCUT2D eigenvalue weighted by Crippen LogP contribution is -2.50. The Kier molecular flexibility index (Phi) is 4.27. The van der Waals surface area contributed by atoms with Gasteiger partial charge in [0, 0.05) is 25.7 Å². The fraction of sp³-hybridized carbons (Fsp3) is 0.727. The molecule has 0 radical (unpaired) electrons. The third kappa shape index (κ3) is 3.27. The molecule has 0 aliphatic carbocycles. The Morgan fingerprint density at radius 1 is 1.56 bits per heavy atom. The van der Waals surface area contributed by atoms with Gasteiger partial charge < -0.3 is 14.7 Å². The van der Waals surface area contributed by atoms with E-state index < -0.39 is 0 Å². The highest BCUT2D eigenvalue weighted by Crippen LogP contribution is 2.12. The summed E-state index contributed by atoms with van der Waals surface area (Å²) in [6, 6.07) is 0. The Morgan fingerprint density at radius 3 is 3.06 bits per heavy atom. The molecule has 1 saturated heterocycles. The van der Waals surface area contributed by atoms with Crippen LogP contribution >= 0.6 is 0 Å². The molecule has 1 amide bonds. The average molecular weight is 254 g/mol. The van der Waals surface area contributed by atoms with Crippen molar-refractivity contribution >= 4 is 5.91 Å². The van der Waals surface area contributed by atoms with Gasteiger partial charge >= 0.3 is 0 Å². The van der Waals surface area contributed by atoms with E-state index in [1.54, 1.807) is 22.0 Å². The van der Waals surface area contributed by atoms with Crippen LogP contribution in [0.1, 0.15) is 13.3 Å². The van der Waals surface area contributed by atoms with Crippen molar-refractivity contribution in [3.8, 4) is 0 Å². The number of aliphatic hydroxyl groups is 1. The molecular weight excluding hydrogens is 236 g/mol. The van der Waals surface area contributed by atoms with Crippen molar-refractivity contribution in [2.24, 2.45) is 0 Å². The van der Waals surface area contributed by atoms with Crippen LogP contribution in [0.3, 0.4) is 0 Å². The highest BCUT2D eigenvalue weighted by Gasteiger charge is 2.27. The van der Waals surface area contributed by atoms with Gasteiger partial charge in [-0.15, -0.1) is 5.10 Å². The number of aryl methyl sites for hydroxylation is 1. The van der Waals surface area contributed by atoms with Gasteiger partial charge in [0.05, 0.1) is 31.6 Å². The molecule has 2 atom stereocenters. The van der Waals surface area contributed by atoms with Gasteiger partial charge in [-0.05, 0) is 6.92 Å². The molecule has 1 N–H and O–H groups in total. The van der Waals surface area contributed by atoms with Crippen molar-refractivity contribution in [2.75, 3.05) is 19.7 Å². The Bertz CT molecular complexity index is 382. The molecule has 1 aromatic heterocycles. The van der Waals surface area contributed by atoms with Crippen molar-refractivity contribution < 1.29 is 14.6 Å². The predicted octanol–water partition coefficient (Wildman–Crippen LogP) is -0.724. The fourth-order valence-electron chi connectivity index (χ4n) is 2.07. The molecule has 1 aliphatic rings. The second kappa shape index (κ2) is 5.92. The molecule has 2 heterocycles. The first-order valence-electron chi connectivity index (χ1n) is 6.07. The van der Waals surface area contributed by atoms with E-state index >= 15 is 0 Å². The minimum absolute atomic E-state index is 0.0359. The summed E-state index contributed by atoms with van der Waals surface area (Å²) in [6.45, 7) is 3.40. The first kappa shape index (κ1) is 13.0. The van der Waals surface area contributed by atoms with Gasteiger partial charge in [0.15, 0.2) is 0 Å². The summed E-state index contributed by atoms with van der Waals surface area (Å²) in [7, 11) is 0. The van der Waals surface area contributed by atoms with E-state index in [1.165, 1.54) is 0 Å². The topological polar surface area (TPSA) is 80.5 Å². The van der Waals surface area contributed by atoms with Crippen molar-refractivity contribution in [3.63, 3.8) is 0 Å². The molecule has 2 unspecified atom stereocenters. The summed E-state index contributed by atoms with van der Waals surface area (Å²) in [4.78, 5) is 13.8. The number of aromatic nitrogens is 3. The van der Waals surface area contributed by atoms with Crippen LogP contribution in [0.4, 0.5) is 0 Å². The normalized spacial score (nSPS) is 24.2. The lowest BCUT2D eigenvalue weighted by atomic mass is 10.2. The predicted molar refractivity (Wildman–Crippen MR) is 62.6 cm³/mol. The first-order chi connectivity index (χ1) is 8.69. The van der Waals surface area contributed by atoms with E-state index in [0.29, 0.717) is 26.1 Å². The van der Waals surface area contributed by atoms with E-state index in [1.807, 2.05) is 6.92 Å². The van der Waals surface area contributed by atoms with Crippen LogP contribution in [0.25, 0.3) is 0 Å². The summed E-state index contributed by atoms with van der Waals surface area (Å²) in [5.74, 6) is 0.0547. The van der Waals surface area contributed by atoms with Crippen LogP contribution in [-0.2, 0) is 16.1 Å². The molecule has 1 aliphatic heterocycles. The number of ether oxygens (including phenoxy) is 1. The number of hydrogen-bond acceptors (Lipinski definition) is 5. The third-order valence-electron chi connectivity index (χ3n) is 2.91. The molecule has 7 heteroatoms. The number of aliphatic hydroxyl groups excluding tert-OH is 1. The minimum atomic E-state index is -0.274. The van der Waals surface area contributed by atoms with Crippen molar-refractivity contribution in [1.29, 1.82) is 0 Å². The SMILES string of the molecule is CC1CN(C(=O)CCn2ccnn2)CC(CO)O1. The molecule has 0 bridgehead atoms. The molecule has 2 rings (SSSR count). The van der Waals surface area contributed by atoms with Crippen LogP contribution in [0.5, 0.6) is 0 Å². The number of nitrogens with zero attached hydrogens (tertiary/aromatic N) is 4. The zero-order valence-electron chi connectivity index (χ0n) is 10.4.